The molecule has 2 aromatic carbocycles. The summed E-state index contributed by atoms with van der Waals surface area (Å²) in [5.74, 6) is 0.150. The van der Waals surface area contributed by atoms with Crippen LogP contribution in [0.15, 0.2) is 48.5 Å². The van der Waals surface area contributed by atoms with E-state index in [1.54, 1.807) is 0 Å². The highest BCUT2D eigenvalue weighted by Gasteiger charge is 2.25. The minimum atomic E-state index is -0.649. The zero-order valence-corrected chi connectivity index (χ0v) is 18.3. The number of likely N-dealkylation sites (tertiary alicyclic amines) is 1. The van der Waals surface area contributed by atoms with Crippen molar-refractivity contribution in [3.63, 3.8) is 0 Å². The van der Waals surface area contributed by atoms with Crippen molar-refractivity contribution in [2.75, 3.05) is 25.4 Å². The largest absolute Gasteiger partial charge is 0.481 e. The van der Waals surface area contributed by atoms with Gasteiger partial charge in [0.2, 0.25) is 0 Å². The maximum Gasteiger partial charge on any atom is 0.307 e. The third-order valence-electron chi connectivity index (χ3n) is 5.31. The summed E-state index contributed by atoms with van der Waals surface area (Å²) in [4.78, 5) is 13.6. The first-order valence-electron chi connectivity index (χ1n) is 9.73. The number of carboxylic acid groups (broad SMARTS) is 1. The summed E-state index contributed by atoms with van der Waals surface area (Å²) in [7, 11) is 0. The molecule has 1 saturated heterocycles. The average molecular weight is 420 g/mol. The number of piperidine rings is 1. The van der Waals surface area contributed by atoms with E-state index in [0.717, 1.165) is 31.7 Å². The van der Waals surface area contributed by atoms with Crippen LogP contribution in [0.3, 0.4) is 0 Å². The summed E-state index contributed by atoms with van der Waals surface area (Å²) in [6, 6.07) is 17.6. The van der Waals surface area contributed by atoms with E-state index < -0.39 is 5.97 Å². The third-order valence-corrected chi connectivity index (χ3v) is 6.60. The molecule has 2 aromatic rings. The van der Waals surface area contributed by atoms with Crippen LogP contribution in [0.5, 0.6) is 0 Å². The summed E-state index contributed by atoms with van der Waals surface area (Å²) in [6.45, 7) is 6.89. The monoisotopic (exact) mass is 419 g/mol. The van der Waals surface area contributed by atoms with E-state index in [1.807, 2.05) is 11.8 Å². The number of benzene rings is 2. The molecule has 1 atom stereocenters. The van der Waals surface area contributed by atoms with Crippen molar-refractivity contribution in [1.82, 2.24) is 4.90 Å². The van der Waals surface area contributed by atoms with Gasteiger partial charge < -0.3 is 10.0 Å². The molecule has 0 radical (unpaired) electrons. The van der Waals surface area contributed by atoms with E-state index >= 15 is 0 Å². The molecular weight excluding hydrogens is 390 g/mol. The van der Waals surface area contributed by atoms with Crippen molar-refractivity contribution >= 4 is 30.1 Å². The van der Waals surface area contributed by atoms with Gasteiger partial charge >= 0.3 is 5.97 Å². The van der Waals surface area contributed by atoms with Crippen LogP contribution >= 0.6 is 24.2 Å². The molecule has 0 spiro atoms. The maximum absolute atomic E-state index is 11.3. The van der Waals surface area contributed by atoms with Gasteiger partial charge in [-0.15, -0.1) is 24.2 Å². The molecule has 1 aliphatic rings. The molecule has 1 heterocycles. The molecule has 0 unspecified atom stereocenters. The van der Waals surface area contributed by atoms with E-state index in [-0.39, 0.29) is 18.3 Å². The maximum atomic E-state index is 11.3. The Balaban J connectivity index is 0.00000280. The van der Waals surface area contributed by atoms with Crippen LogP contribution < -0.4 is 0 Å². The quantitative estimate of drug-likeness (QED) is 0.657. The van der Waals surface area contributed by atoms with Gasteiger partial charge in [0.25, 0.3) is 0 Å². The predicted molar refractivity (Wildman–Crippen MR) is 121 cm³/mol. The molecule has 0 saturated carbocycles. The second-order valence-electron chi connectivity index (χ2n) is 7.55. The lowest BCUT2D eigenvalue weighted by Crippen LogP contribution is -2.39. The van der Waals surface area contributed by atoms with E-state index in [2.05, 4.69) is 67.3 Å². The van der Waals surface area contributed by atoms with Gasteiger partial charge in [-0.25, -0.2) is 0 Å². The summed E-state index contributed by atoms with van der Waals surface area (Å²) >= 11 is 1.95. The Bertz CT molecular complexity index is 703. The Labute approximate surface area is 178 Å². The first-order chi connectivity index (χ1) is 13.0. The van der Waals surface area contributed by atoms with Crippen molar-refractivity contribution < 1.29 is 9.90 Å². The van der Waals surface area contributed by atoms with E-state index in [4.69, 9.17) is 0 Å². The zero-order chi connectivity index (χ0) is 19.2. The lowest BCUT2D eigenvalue weighted by Gasteiger charge is -2.31. The molecule has 28 heavy (non-hydrogen) atoms. The van der Waals surface area contributed by atoms with Crippen molar-refractivity contribution in [3.05, 3.63) is 70.8 Å². The highest BCUT2D eigenvalue weighted by atomic mass is 35.5. The predicted octanol–water partition coefficient (Wildman–Crippen LogP) is 5.34. The van der Waals surface area contributed by atoms with Crippen LogP contribution in [-0.2, 0) is 4.79 Å². The van der Waals surface area contributed by atoms with Crippen LogP contribution in [0.25, 0.3) is 0 Å². The molecule has 3 rings (SSSR count). The Morgan fingerprint density at radius 1 is 1.07 bits per heavy atom. The van der Waals surface area contributed by atoms with Gasteiger partial charge in [-0.3, -0.25) is 4.79 Å². The Kier molecular flexibility index (Phi) is 8.87. The Hall–Kier alpha value is -1.49. The number of carboxylic acids is 1. The van der Waals surface area contributed by atoms with Gasteiger partial charge in [-0.2, -0.15) is 0 Å². The van der Waals surface area contributed by atoms with Gasteiger partial charge in [-0.1, -0.05) is 59.7 Å². The van der Waals surface area contributed by atoms with E-state index in [1.165, 1.54) is 22.3 Å². The number of aliphatic carboxylic acids is 1. The first kappa shape index (κ1) is 22.8. The molecule has 0 aliphatic carbocycles. The van der Waals surface area contributed by atoms with Crippen molar-refractivity contribution in [3.8, 4) is 0 Å². The van der Waals surface area contributed by atoms with E-state index in [9.17, 15) is 9.90 Å². The number of hydrogen-bond acceptors (Lipinski definition) is 3. The summed E-state index contributed by atoms with van der Waals surface area (Å²) in [5.41, 5.74) is 5.21. The Morgan fingerprint density at radius 3 is 2.11 bits per heavy atom. The molecule has 1 fully saturated rings. The molecule has 0 aromatic heterocycles. The summed E-state index contributed by atoms with van der Waals surface area (Å²) in [6.07, 6.45) is 1.80. The number of nitrogens with zero attached hydrogens (tertiary/aromatic N) is 1. The topological polar surface area (TPSA) is 40.5 Å². The second kappa shape index (κ2) is 10.9. The summed E-state index contributed by atoms with van der Waals surface area (Å²) < 4.78 is 0. The van der Waals surface area contributed by atoms with Crippen LogP contribution in [0, 0.1) is 19.8 Å². The fourth-order valence-corrected chi connectivity index (χ4v) is 4.93. The van der Waals surface area contributed by atoms with Gasteiger partial charge in [0.15, 0.2) is 0 Å². The fourth-order valence-electron chi connectivity index (χ4n) is 3.63. The van der Waals surface area contributed by atoms with Crippen molar-refractivity contribution in [2.45, 2.75) is 31.9 Å². The van der Waals surface area contributed by atoms with Crippen LogP contribution in [0.2, 0.25) is 0 Å². The summed E-state index contributed by atoms with van der Waals surface area (Å²) in [5, 5.41) is 9.59. The van der Waals surface area contributed by atoms with Crippen molar-refractivity contribution in [1.29, 1.82) is 0 Å². The molecule has 5 heteroatoms. The lowest BCUT2D eigenvalue weighted by atomic mass is 9.98. The molecular formula is C23H30ClNO2S. The second-order valence-corrected chi connectivity index (χ2v) is 8.76. The molecule has 1 aliphatic heterocycles. The van der Waals surface area contributed by atoms with Gasteiger partial charge in [-0.05, 0) is 44.4 Å². The average Bonchev–Trinajstić information content (AvgIpc) is 2.67. The molecule has 152 valence electrons. The lowest BCUT2D eigenvalue weighted by molar-refractivity contribution is -0.143. The van der Waals surface area contributed by atoms with Crippen LogP contribution in [-0.4, -0.2) is 41.4 Å². The number of carbonyl (C=O) groups is 1. The zero-order valence-electron chi connectivity index (χ0n) is 16.6. The standard InChI is InChI=1S/C23H29NO2S.ClH/c1-17-5-9-19(10-6-17)22(20-11-7-18(2)8-12-20)27-15-14-24-13-3-4-21(16-24)23(25)26;/h5-12,21-22H,3-4,13-16H2,1-2H3,(H,25,26);1H/t21-;/m1./s1. The fraction of sp³-hybridized carbons (Fsp3) is 0.435. The number of aryl methyl sites for hydroxylation is 2. The first-order valence-corrected chi connectivity index (χ1v) is 10.8. The molecule has 0 bridgehead atoms. The van der Waals surface area contributed by atoms with Crippen LogP contribution in [0.4, 0.5) is 0 Å². The van der Waals surface area contributed by atoms with Gasteiger partial charge in [0.1, 0.15) is 0 Å². The number of halogens is 1. The number of thioether (sulfide) groups is 1. The SMILES string of the molecule is Cc1ccc(C(SCCN2CCC[C@@H](C(=O)O)C2)c2ccc(C)cc2)cc1.Cl. The smallest absolute Gasteiger partial charge is 0.307 e. The third kappa shape index (κ3) is 6.26. The normalized spacial score (nSPS) is 17.3. The highest BCUT2D eigenvalue weighted by Crippen LogP contribution is 2.36. The molecule has 1 N–H and O–H groups in total. The van der Waals surface area contributed by atoms with Crippen LogP contribution in [0.1, 0.15) is 40.3 Å². The van der Waals surface area contributed by atoms with E-state index in [0.29, 0.717) is 11.8 Å². The number of hydrogen-bond donors (Lipinski definition) is 1. The minimum Gasteiger partial charge on any atom is -0.481 e. The minimum absolute atomic E-state index is 0. The molecule has 3 nitrogen and oxygen atoms in total. The van der Waals surface area contributed by atoms with Crippen molar-refractivity contribution in [2.24, 2.45) is 5.92 Å². The highest BCUT2D eigenvalue weighted by molar-refractivity contribution is 7.99. The number of rotatable bonds is 7. The molecule has 0 amide bonds. The van der Waals surface area contributed by atoms with Gasteiger partial charge in [0.05, 0.1) is 11.2 Å². The Morgan fingerprint density at radius 2 is 1.61 bits per heavy atom. The van der Waals surface area contributed by atoms with Gasteiger partial charge in [0, 0.05) is 18.8 Å².